The van der Waals surface area contributed by atoms with Crippen molar-refractivity contribution in [2.45, 2.75) is 40.1 Å². The van der Waals surface area contributed by atoms with Crippen LogP contribution in [-0.2, 0) is 12.4 Å². The summed E-state index contributed by atoms with van der Waals surface area (Å²) >= 11 is 12.3. The molecule has 4 heteroatoms. The van der Waals surface area contributed by atoms with Crippen LogP contribution in [0.5, 0.6) is 0 Å². The van der Waals surface area contributed by atoms with Crippen LogP contribution >= 0.6 is 23.2 Å². The van der Waals surface area contributed by atoms with Crippen molar-refractivity contribution in [1.29, 1.82) is 0 Å². The third-order valence-electron chi connectivity index (χ3n) is 4.06. The summed E-state index contributed by atoms with van der Waals surface area (Å²) in [4.78, 5) is 4.57. The molecular weight excluding hydrogens is 279 g/mol. The lowest BCUT2D eigenvalue weighted by molar-refractivity contribution is 0.211. The lowest BCUT2D eigenvalue weighted by atomic mass is 9.81. The minimum atomic E-state index is 0.177. The molecule has 0 atom stereocenters. The number of hydrogen-bond acceptors (Lipinski definition) is 1. The van der Waals surface area contributed by atoms with E-state index in [1.165, 1.54) is 0 Å². The van der Waals surface area contributed by atoms with Crippen LogP contribution in [0.15, 0.2) is 18.2 Å². The summed E-state index contributed by atoms with van der Waals surface area (Å²) in [5.74, 6) is 1.87. The first kappa shape index (κ1) is 14.7. The molecule has 0 fully saturated rings. The molecule has 0 N–H and O–H groups in total. The zero-order valence-corrected chi connectivity index (χ0v) is 13.4. The van der Waals surface area contributed by atoms with Gasteiger partial charge in [0, 0.05) is 6.54 Å². The largest absolute Gasteiger partial charge is 0.326 e. The Morgan fingerprint density at radius 1 is 1.32 bits per heavy atom. The molecule has 104 valence electrons. The lowest BCUT2D eigenvalue weighted by Crippen LogP contribution is -2.26. The van der Waals surface area contributed by atoms with E-state index in [4.69, 9.17) is 23.2 Å². The second-order valence-electron chi connectivity index (χ2n) is 6.00. The van der Waals surface area contributed by atoms with Gasteiger partial charge < -0.3 is 4.57 Å². The topological polar surface area (TPSA) is 17.8 Å². The van der Waals surface area contributed by atoms with Crippen LogP contribution in [0.2, 0.25) is 5.02 Å². The minimum Gasteiger partial charge on any atom is -0.326 e. The molecule has 2 rings (SSSR count). The zero-order valence-electron chi connectivity index (χ0n) is 11.9. The number of alkyl halides is 1. The fraction of sp³-hybridized carbons (Fsp3) is 0.533. The Balaban J connectivity index is 2.56. The molecular formula is C15H20Cl2N2. The van der Waals surface area contributed by atoms with Crippen LogP contribution in [0.4, 0.5) is 0 Å². The van der Waals surface area contributed by atoms with E-state index >= 15 is 0 Å². The smallest absolute Gasteiger partial charge is 0.124 e. The van der Waals surface area contributed by atoms with Gasteiger partial charge in [-0.3, -0.25) is 0 Å². The average molecular weight is 299 g/mol. The fourth-order valence-corrected chi connectivity index (χ4v) is 2.45. The Hall–Kier alpha value is -0.730. The van der Waals surface area contributed by atoms with Gasteiger partial charge in [-0.05, 0) is 23.5 Å². The van der Waals surface area contributed by atoms with Crippen molar-refractivity contribution in [2.75, 3.05) is 0 Å². The third-order valence-corrected chi connectivity index (χ3v) is 4.60. The van der Waals surface area contributed by atoms with Gasteiger partial charge in [0.1, 0.15) is 11.3 Å². The first-order chi connectivity index (χ1) is 8.86. The van der Waals surface area contributed by atoms with Crippen LogP contribution in [0.25, 0.3) is 11.0 Å². The van der Waals surface area contributed by atoms with Crippen molar-refractivity contribution in [3.8, 4) is 0 Å². The Bertz CT molecular complexity index is 585. The van der Waals surface area contributed by atoms with Crippen molar-refractivity contribution in [3.63, 3.8) is 0 Å². The van der Waals surface area contributed by atoms with Gasteiger partial charge in [-0.25, -0.2) is 4.98 Å². The highest BCUT2D eigenvalue weighted by atomic mass is 35.5. The molecule has 1 aromatic heterocycles. The van der Waals surface area contributed by atoms with Crippen LogP contribution in [0, 0.1) is 11.3 Å². The number of aromatic nitrogens is 2. The monoisotopic (exact) mass is 298 g/mol. The summed E-state index contributed by atoms with van der Waals surface area (Å²) in [6, 6.07) is 5.89. The van der Waals surface area contributed by atoms with Crippen molar-refractivity contribution >= 4 is 34.2 Å². The quantitative estimate of drug-likeness (QED) is 0.717. The number of imidazole rings is 1. The maximum Gasteiger partial charge on any atom is 0.124 e. The molecule has 2 nitrogen and oxygen atoms in total. The molecule has 0 radical (unpaired) electrons. The van der Waals surface area contributed by atoms with Gasteiger partial charge in [-0.1, -0.05) is 45.4 Å². The SMILES string of the molecule is CC(C)C(C)(C)Cn1c(CCl)nc2c(Cl)cccc21. The highest BCUT2D eigenvalue weighted by Gasteiger charge is 2.25. The Morgan fingerprint density at radius 2 is 2.00 bits per heavy atom. The summed E-state index contributed by atoms with van der Waals surface area (Å²) in [6.45, 7) is 9.92. The van der Waals surface area contributed by atoms with Gasteiger partial charge in [0.2, 0.25) is 0 Å². The van der Waals surface area contributed by atoms with E-state index in [1.54, 1.807) is 0 Å². The highest BCUT2D eigenvalue weighted by molar-refractivity contribution is 6.35. The molecule has 19 heavy (non-hydrogen) atoms. The molecule has 0 saturated carbocycles. The zero-order chi connectivity index (χ0) is 14.2. The molecule has 1 aromatic carbocycles. The van der Waals surface area contributed by atoms with Gasteiger partial charge in [-0.2, -0.15) is 0 Å². The van der Waals surface area contributed by atoms with Crippen LogP contribution in [-0.4, -0.2) is 9.55 Å². The van der Waals surface area contributed by atoms with Crippen molar-refractivity contribution in [2.24, 2.45) is 11.3 Å². The fourth-order valence-electron chi connectivity index (χ4n) is 2.03. The first-order valence-electron chi connectivity index (χ1n) is 6.56. The normalized spacial score (nSPS) is 12.6. The molecule has 0 aliphatic heterocycles. The second kappa shape index (κ2) is 5.34. The standard InChI is InChI=1S/C15H20Cl2N2/c1-10(2)15(3,4)9-19-12-7-5-6-11(17)14(12)18-13(19)8-16/h5-7,10H,8-9H2,1-4H3. The predicted molar refractivity (Wildman–Crippen MR) is 82.9 cm³/mol. The molecule has 0 aliphatic carbocycles. The Labute approximate surface area is 124 Å². The van der Waals surface area contributed by atoms with Gasteiger partial charge in [-0.15, -0.1) is 11.6 Å². The van der Waals surface area contributed by atoms with Gasteiger partial charge in [0.05, 0.1) is 16.4 Å². The highest BCUT2D eigenvalue weighted by Crippen LogP contribution is 2.32. The van der Waals surface area contributed by atoms with E-state index in [9.17, 15) is 0 Å². The first-order valence-corrected chi connectivity index (χ1v) is 7.47. The molecule has 0 saturated heterocycles. The van der Waals surface area contributed by atoms with E-state index < -0.39 is 0 Å². The average Bonchev–Trinajstić information content (AvgIpc) is 2.68. The van der Waals surface area contributed by atoms with Crippen LogP contribution in [0.3, 0.4) is 0 Å². The van der Waals surface area contributed by atoms with E-state index in [1.807, 2.05) is 12.1 Å². The summed E-state index contributed by atoms with van der Waals surface area (Å²) in [5.41, 5.74) is 2.09. The van der Waals surface area contributed by atoms with Gasteiger partial charge >= 0.3 is 0 Å². The van der Waals surface area contributed by atoms with E-state index in [0.29, 0.717) is 16.8 Å². The van der Waals surface area contributed by atoms with Crippen molar-refractivity contribution in [3.05, 3.63) is 29.0 Å². The Morgan fingerprint density at radius 3 is 2.58 bits per heavy atom. The van der Waals surface area contributed by atoms with E-state index in [2.05, 4.69) is 43.3 Å². The number of hydrogen-bond donors (Lipinski definition) is 0. The predicted octanol–water partition coefficient (Wildman–Crippen LogP) is 5.11. The summed E-state index contributed by atoms with van der Waals surface area (Å²) in [7, 11) is 0. The molecule has 0 spiro atoms. The molecule has 2 aromatic rings. The third kappa shape index (κ3) is 2.75. The molecule has 0 unspecified atom stereocenters. The number of para-hydroxylation sites is 1. The molecule has 0 bridgehead atoms. The number of nitrogens with zero attached hydrogens (tertiary/aromatic N) is 2. The lowest BCUT2D eigenvalue weighted by Gasteiger charge is -2.30. The molecule has 0 aliphatic rings. The van der Waals surface area contributed by atoms with Crippen molar-refractivity contribution < 1.29 is 0 Å². The van der Waals surface area contributed by atoms with Crippen molar-refractivity contribution in [1.82, 2.24) is 9.55 Å². The molecule has 0 amide bonds. The maximum absolute atomic E-state index is 6.21. The van der Waals surface area contributed by atoms with Gasteiger partial charge in [0.15, 0.2) is 0 Å². The van der Waals surface area contributed by atoms with Crippen LogP contribution in [0.1, 0.15) is 33.5 Å². The van der Waals surface area contributed by atoms with Crippen LogP contribution < -0.4 is 0 Å². The second-order valence-corrected chi connectivity index (χ2v) is 6.67. The summed E-state index contributed by atoms with van der Waals surface area (Å²) in [6.07, 6.45) is 0. The number of halogens is 2. The van der Waals surface area contributed by atoms with E-state index in [0.717, 1.165) is 23.4 Å². The summed E-state index contributed by atoms with van der Waals surface area (Å²) in [5, 5.41) is 0.685. The maximum atomic E-state index is 6.21. The number of benzene rings is 1. The van der Waals surface area contributed by atoms with Gasteiger partial charge in [0.25, 0.3) is 0 Å². The molecule has 1 heterocycles. The minimum absolute atomic E-state index is 0.177. The summed E-state index contributed by atoms with van der Waals surface area (Å²) < 4.78 is 2.20. The number of rotatable bonds is 4. The Kier molecular flexibility index (Phi) is 4.12. The van der Waals surface area contributed by atoms with E-state index in [-0.39, 0.29) is 5.41 Å². The number of fused-ring (bicyclic) bond motifs is 1.